The first-order valence-electron chi connectivity index (χ1n) is 30.1. The maximum atomic E-state index is 14.4. The lowest BCUT2D eigenvalue weighted by molar-refractivity contribution is -0.126. The van der Waals surface area contributed by atoms with Crippen LogP contribution in [0.2, 0.25) is 0 Å². The van der Waals surface area contributed by atoms with E-state index in [0.717, 1.165) is 12.8 Å². The lowest BCUT2D eigenvalue weighted by Crippen LogP contribution is -2.45. The van der Waals surface area contributed by atoms with Crippen LogP contribution in [0.5, 0.6) is 23.0 Å². The van der Waals surface area contributed by atoms with E-state index in [1.807, 2.05) is 0 Å². The van der Waals surface area contributed by atoms with Gasteiger partial charge in [0.2, 0.25) is 29.5 Å². The van der Waals surface area contributed by atoms with Gasteiger partial charge in [0.05, 0.1) is 50.7 Å². The van der Waals surface area contributed by atoms with E-state index in [-0.39, 0.29) is 157 Å². The molecule has 33 heteroatoms. The topological polar surface area (TPSA) is 537 Å². The summed E-state index contributed by atoms with van der Waals surface area (Å²) in [5, 5.41) is 55.1. The lowest BCUT2D eigenvalue weighted by Gasteiger charge is -2.22. The Labute approximate surface area is 543 Å². The van der Waals surface area contributed by atoms with Gasteiger partial charge in [-0.25, -0.2) is 0 Å². The van der Waals surface area contributed by atoms with Crippen LogP contribution in [0.4, 0.5) is 22.7 Å². The number of nitrogens with one attached hydrogen (secondary N) is 15. The minimum Gasteiger partial charge on any atom is -0.496 e. The van der Waals surface area contributed by atoms with E-state index in [9.17, 15) is 43.2 Å². The molecule has 0 radical (unpaired) electrons. The first-order chi connectivity index (χ1) is 44.9. The van der Waals surface area contributed by atoms with E-state index in [4.69, 9.17) is 63.8 Å². The van der Waals surface area contributed by atoms with Crippen molar-refractivity contribution in [3.8, 4) is 23.0 Å². The smallest absolute Gasteiger partial charge is 0.255 e. The quantitative estimate of drug-likeness (QED) is 0.0163. The van der Waals surface area contributed by atoms with E-state index in [0.29, 0.717) is 19.5 Å². The molecule has 4 atom stereocenters. The molecule has 94 heavy (non-hydrogen) atoms. The fraction of sp³-hybridized carbons (Fsp3) is 0.410. The van der Waals surface area contributed by atoms with Gasteiger partial charge in [0.1, 0.15) is 47.2 Å². The summed E-state index contributed by atoms with van der Waals surface area (Å²) in [6.07, 6.45) is 2.94. The second kappa shape index (κ2) is 39.3. The van der Waals surface area contributed by atoms with Crippen molar-refractivity contribution < 1.29 is 62.1 Å². The van der Waals surface area contributed by atoms with Crippen LogP contribution >= 0.6 is 0 Å². The first kappa shape index (κ1) is 75.5. The second-order valence-electron chi connectivity index (χ2n) is 21.1. The molecule has 25 N–H and O–H groups in total. The number of carbonyl (C=O) groups excluding carboxylic acids is 9. The lowest BCUT2D eigenvalue weighted by atomic mass is 10.1. The van der Waals surface area contributed by atoms with Gasteiger partial charge in [-0.15, -0.1) is 0 Å². The van der Waals surface area contributed by atoms with Crippen molar-refractivity contribution in [2.45, 2.75) is 95.3 Å². The average Bonchev–Trinajstić information content (AvgIpc) is 0.930. The van der Waals surface area contributed by atoms with Crippen LogP contribution in [-0.4, -0.2) is 163 Å². The third-order valence-corrected chi connectivity index (χ3v) is 14.0. The van der Waals surface area contributed by atoms with Gasteiger partial charge in [-0.3, -0.25) is 59.4 Å². The Morgan fingerprint density at radius 3 is 1.00 bits per heavy atom. The molecule has 0 bridgehead atoms. The molecule has 0 heterocycles. The molecular formula is C61H88N20O13. The Hall–Kier alpha value is -11.0. The fourth-order valence-corrected chi connectivity index (χ4v) is 9.15. The molecule has 0 aliphatic rings. The van der Waals surface area contributed by atoms with Crippen LogP contribution in [-0.2, 0) is 24.0 Å². The minimum absolute atomic E-state index is 0.00388. The number of nitrogens with two attached hydrogens (primary N) is 5. The number of ether oxygens (including phenoxy) is 4. The predicted molar refractivity (Wildman–Crippen MR) is 354 cm³/mol. The van der Waals surface area contributed by atoms with E-state index in [1.54, 1.807) is 0 Å². The predicted octanol–water partition coefficient (Wildman–Crippen LogP) is 0.373. The third-order valence-electron chi connectivity index (χ3n) is 14.0. The number of anilines is 4. The van der Waals surface area contributed by atoms with E-state index >= 15 is 0 Å². The highest BCUT2D eigenvalue weighted by Gasteiger charge is 2.29. The normalized spacial score (nSPS) is 11.9. The van der Waals surface area contributed by atoms with Crippen LogP contribution in [0.25, 0.3) is 0 Å². The first-order valence-corrected chi connectivity index (χ1v) is 30.1. The largest absolute Gasteiger partial charge is 0.496 e. The molecule has 4 aromatic carbocycles. The average molecular weight is 1310 g/mol. The highest BCUT2D eigenvalue weighted by Crippen LogP contribution is 2.28. The minimum atomic E-state index is -1.33. The van der Waals surface area contributed by atoms with Crippen molar-refractivity contribution in [2.24, 2.45) is 28.7 Å². The van der Waals surface area contributed by atoms with Crippen molar-refractivity contribution in [3.05, 3.63) is 95.1 Å². The van der Waals surface area contributed by atoms with Gasteiger partial charge in [-0.1, -0.05) is 6.42 Å². The standard InChI is InChI=1S/C61H88N20O13/c1-34(74-50(82)23-25-63)51(83)75-35-15-20-47(92-3)40(31-35)53(85)79-44(13-10-28-72-60(66)67)57(89)77-37-17-22-49(94-5)42(33-37)55(87)81-45(14-11-29-73-61(68)69)58(90)78-38-18-21-48(93-4)41(32-38)54(86)80-43(12-9-27-71-59(64)65)56(88)76-36-16-19-46(91-2)39(30-36)52(84)70-26-8-6-7-24-62/h15-22,30-34,43-45H,6-14,23-29,62-63H2,1-5H3,(H,70,84)(H,74,82)(H,75,83)(H,76,88)(H,77,89)(H,78,90)(H,79,85)(H,80,86)(H,81,87)(H4,64,65,71)(H4,66,67,72)(H4,68,69,73)/t34-,43-,44-,45-/m1/s1. The summed E-state index contributed by atoms with van der Waals surface area (Å²) in [4.78, 5) is 124. The number of hydrogen-bond acceptors (Lipinski definition) is 18. The Bertz CT molecular complexity index is 3330. The van der Waals surface area contributed by atoms with Gasteiger partial charge in [-0.2, -0.15) is 0 Å². The molecule has 0 saturated heterocycles. The molecule has 0 fully saturated rings. The summed E-state index contributed by atoms with van der Waals surface area (Å²) in [7, 11) is 5.32. The summed E-state index contributed by atoms with van der Waals surface area (Å²) < 4.78 is 21.9. The number of unbranched alkanes of at least 4 members (excludes halogenated alkanes) is 2. The zero-order chi connectivity index (χ0) is 69.3. The van der Waals surface area contributed by atoms with Crippen molar-refractivity contribution >= 4 is 93.8 Å². The van der Waals surface area contributed by atoms with Gasteiger partial charge in [0, 0.05) is 61.9 Å². The molecule has 0 unspecified atom stereocenters. The molecule has 33 nitrogen and oxygen atoms in total. The van der Waals surface area contributed by atoms with Crippen LogP contribution in [0, 0.1) is 16.2 Å². The summed E-state index contributed by atoms with van der Waals surface area (Å²) in [6, 6.07) is 12.1. The molecule has 0 aromatic heterocycles. The van der Waals surface area contributed by atoms with Gasteiger partial charge in [0.15, 0.2) is 17.9 Å². The van der Waals surface area contributed by atoms with Crippen LogP contribution in [0.1, 0.15) is 113 Å². The number of carbonyl (C=O) groups is 9. The Balaban J connectivity index is 1.60. The fourth-order valence-electron chi connectivity index (χ4n) is 9.15. The molecule has 0 aliphatic carbocycles. The highest BCUT2D eigenvalue weighted by molar-refractivity contribution is 6.08. The Morgan fingerprint density at radius 2 is 0.702 bits per heavy atom. The number of rotatable bonds is 39. The molecule has 510 valence electrons. The maximum absolute atomic E-state index is 14.4. The number of benzene rings is 4. The molecular weight excluding hydrogens is 1220 g/mol. The zero-order valence-electron chi connectivity index (χ0n) is 53.2. The Kier molecular flexibility index (Phi) is 31.6. The summed E-state index contributed by atoms with van der Waals surface area (Å²) >= 11 is 0. The van der Waals surface area contributed by atoms with Gasteiger partial charge < -0.3 is 111 Å². The van der Waals surface area contributed by atoms with Crippen molar-refractivity contribution in [3.63, 3.8) is 0 Å². The molecule has 0 spiro atoms. The summed E-state index contributed by atoms with van der Waals surface area (Å²) in [5.74, 6) is -6.68. The summed E-state index contributed by atoms with van der Waals surface area (Å²) in [5.41, 5.74) is 27.8. The number of amides is 9. The third kappa shape index (κ3) is 25.0. The molecule has 4 rings (SSSR count). The van der Waals surface area contributed by atoms with Gasteiger partial charge in [0.25, 0.3) is 23.6 Å². The SMILES string of the molecule is COc1ccc(NC(=O)[C@@H](CCCNC(=N)N)NC(=O)c2cc(NC(=O)[C@@H](CCCNC(=N)N)NC(=O)c3cc(NC(=O)[C@@H](CCCNC(=N)N)NC(=O)c4cc(NC(=O)[C@@H](C)NC(=O)CCN)ccc4OC)ccc3OC)ccc2OC)cc1C(=O)NCCCCCN. The number of hydrogen-bond donors (Lipinski definition) is 20. The summed E-state index contributed by atoms with van der Waals surface area (Å²) in [6.45, 7) is 2.88. The van der Waals surface area contributed by atoms with E-state index in [2.05, 4.69) is 63.8 Å². The van der Waals surface area contributed by atoms with E-state index in [1.165, 1.54) is 108 Å². The maximum Gasteiger partial charge on any atom is 0.255 e. The van der Waals surface area contributed by atoms with E-state index < -0.39 is 77.3 Å². The zero-order valence-corrected chi connectivity index (χ0v) is 53.2. The number of methoxy groups -OCH3 is 4. The molecule has 4 aromatic rings. The number of guanidine groups is 3. The highest BCUT2D eigenvalue weighted by atomic mass is 16.5. The second-order valence-corrected chi connectivity index (χ2v) is 21.1. The van der Waals surface area contributed by atoms with Crippen molar-refractivity contribution in [2.75, 3.05) is 89.0 Å². The van der Waals surface area contributed by atoms with Crippen LogP contribution in [0.15, 0.2) is 72.8 Å². The van der Waals surface area contributed by atoms with Crippen molar-refractivity contribution in [1.82, 2.24) is 42.5 Å². The van der Waals surface area contributed by atoms with Gasteiger partial charge in [-0.05, 0) is 138 Å². The van der Waals surface area contributed by atoms with Crippen LogP contribution < -0.4 is 111 Å². The van der Waals surface area contributed by atoms with Crippen LogP contribution in [0.3, 0.4) is 0 Å². The molecule has 0 saturated carbocycles. The van der Waals surface area contributed by atoms with Crippen molar-refractivity contribution in [1.29, 1.82) is 16.2 Å². The Morgan fingerprint density at radius 1 is 0.394 bits per heavy atom. The molecule has 9 amide bonds. The molecule has 0 aliphatic heterocycles. The van der Waals surface area contributed by atoms with Gasteiger partial charge >= 0.3 is 0 Å². The monoisotopic (exact) mass is 1310 g/mol.